The van der Waals surface area contributed by atoms with E-state index in [1.807, 2.05) is 22.9 Å². The second-order valence-corrected chi connectivity index (χ2v) is 5.66. The molecule has 4 heteroatoms. The molecule has 104 valence electrons. The van der Waals surface area contributed by atoms with E-state index in [0.717, 1.165) is 25.3 Å². The molecule has 1 unspecified atom stereocenters. The van der Waals surface area contributed by atoms with Crippen LogP contribution in [0.3, 0.4) is 0 Å². The van der Waals surface area contributed by atoms with E-state index in [2.05, 4.69) is 17.1 Å². The number of carbonyl (C=O) groups excluding carboxylic acids is 1. The Labute approximate surface area is 114 Å². The molecule has 19 heavy (non-hydrogen) atoms. The lowest BCUT2D eigenvalue weighted by Crippen LogP contribution is -2.43. The van der Waals surface area contributed by atoms with E-state index < -0.39 is 0 Å². The summed E-state index contributed by atoms with van der Waals surface area (Å²) in [7, 11) is 0. The minimum atomic E-state index is 0.211. The molecule has 1 aliphatic carbocycles. The van der Waals surface area contributed by atoms with Crippen LogP contribution >= 0.6 is 0 Å². The first-order valence-corrected chi connectivity index (χ1v) is 7.49. The van der Waals surface area contributed by atoms with Crippen molar-refractivity contribution in [2.45, 2.75) is 51.2 Å². The van der Waals surface area contributed by atoms with E-state index in [1.54, 1.807) is 0 Å². The second kappa shape index (κ2) is 5.37. The summed E-state index contributed by atoms with van der Waals surface area (Å²) in [6, 6.07) is 4.89. The number of hydrogen-bond acceptors (Lipinski definition) is 2. The monoisotopic (exact) mass is 261 g/mol. The van der Waals surface area contributed by atoms with Crippen molar-refractivity contribution in [3.05, 3.63) is 24.0 Å². The van der Waals surface area contributed by atoms with Gasteiger partial charge in [0.05, 0.1) is 0 Å². The van der Waals surface area contributed by atoms with Crippen molar-refractivity contribution in [1.29, 1.82) is 0 Å². The Hall–Kier alpha value is -1.29. The Bertz CT molecular complexity index is 444. The Morgan fingerprint density at radius 3 is 2.95 bits per heavy atom. The molecule has 2 heterocycles. The molecule has 1 atom stereocenters. The summed E-state index contributed by atoms with van der Waals surface area (Å²) in [5.41, 5.74) is 0.840. The van der Waals surface area contributed by atoms with Crippen molar-refractivity contribution in [2.24, 2.45) is 0 Å². The van der Waals surface area contributed by atoms with Gasteiger partial charge in [0.15, 0.2) is 0 Å². The normalized spacial score (nSPS) is 22.7. The van der Waals surface area contributed by atoms with Crippen molar-refractivity contribution >= 4 is 5.91 Å². The van der Waals surface area contributed by atoms with Crippen LogP contribution in [0.15, 0.2) is 18.3 Å². The zero-order valence-electron chi connectivity index (χ0n) is 11.6. The second-order valence-electron chi connectivity index (χ2n) is 5.66. The first kappa shape index (κ1) is 12.7. The highest BCUT2D eigenvalue weighted by atomic mass is 16.2. The number of hydrogen-bond donors (Lipinski definition) is 1. The topological polar surface area (TPSA) is 37.3 Å². The zero-order valence-corrected chi connectivity index (χ0v) is 11.6. The number of aryl methyl sites for hydroxylation is 1. The Balaban J connectivity index is 1.73. The van der Waals surface area contributed by atoms with Gasteiger partial charge in [-0.15, -0.1) is 0 Å². The van der Waals surface area contributed by atoms with E-state index in [1.165, 1.54) is 25.7 Å². The molecule has 1 aliphatic heterocycles. The first-order valence-electron chi connectivity index (χ1n) is 7.49. The molecule has 3 rings (SSSR count). The molecule has 1 N–H and O–H groups in total. The van der Waals surface area contributed by atoms with Gasteiger partial charge in [0.1, 0.15) is 5.69 Å². The summed E-state index contributed by atoms with van der Waals surface area (Å²) >= 11 is 0. The van der Waals surface area contributed by atoms with Gasteiger partial charge < -0.3 is 14.8 Å². The summed E-state index contributed by atoms with van der Waals surface area (Å²) in [5.74, 6) is 0.211. The predicted molar refractivity (Wildman–Crippen MR) is 75.2 cm³/mol. The maximum atomic E-state index is 12.7. The fourth-order valence-electron chi connectivity index (χ4n) is 2.97. The third-order valence-corrected chi connectivity index (χ3v) is 4.22. The lowest BCUT2D eigenvalue weighted by Gasteiger charge is -2.26. The average Bonchev–Trinajstić information content (AvgIpc) is 2.95. The molecule has 0 aromatic carbocycles. The van der Waals surface area contributed by atoms with Crippen molar-refractivity contribution in [1.82, 2.24) is 14.8 Å². The van der Waals surface area contributed by atoms with Crippen LogP contribution in [0, 0.1) is 0 Å². The zero-order chi connectivity index (χ0) is 13.2. The lowest BCUT2D eigenvalue weighted by molar-refractivity contribution is 0.0718. The van der Waals surface area contributed by atoms with Crippen LogP contribution in [0.2, 0.25) is 0 Å². The van der Waals surface area contributed by atoms with Crippen LogP contribution in [-0.2, 0) is 6.54 Å². The summed E-state index contributed by atoms with van der Waals surface area (Å²) in [6.07, 6.45) is 6.77. The molecule has 4 nitrogen and oxygen atoms in total. The molecule has 1 saturated heterocycles. The number of nitrogens with zero attached hydrogens (tertiary/aromatic N) is 2. The average molecular weight is 261 g/mol. The Morgan fingerprint density at radius 1 is 1.47 bits per heavy atom. The van der Waals surface area contributed by atoms with E-state index in [0.29, 0.717) is 12.1 Å². The van der Waals surface area contributed by atoms with Gasteiger partial charge in [-0.25, -0.2) is 0 Å². The summed E-state index contributed by atoms with van der Waals surface area (Å²) in [6.45, 7) is 4.91. The van der Waals surface area contributed by atoms with Gasteiger partial charge in [-0.2, -0.15) is 0 Å². The molecule has 1 saturated carbocycles. The summed E-state index contributed by atoms with van der Waals surface area (Å²) in [5, 5.41) is 3.50. The lowest BCUT2D eigenvalue weighted by atomic mass is 10.2. The Morgan fingerprint density at radius 2 is 2.32 bits per heavy atom. The number of rotatable bonds is 5. The number of carbonyl (C=O) groups is 1. The van der Waals surface area contributed by atoms with Gasteiger partial charge in [0.2, 0.25) is 0 Å². The first-order chi connectivity index (χ1) is 9.29. The maximum absolute atomic E-state index is 12.7. The standard InChI is InChI=1S/C15H23N3O/c1-2-17-10-4-6-14(17)15(19)18(13-7-8-13)11-12-5-3-9-16-12/h4,6,10,12-13,16H,2-3,5,7-9,11H2,1H3. The fraction of sp³-hybridized carbons (Fsp3) is 0.667. The van der Waals surface area contributed by atoms with Crippen molar-refractivity contribution < 1.29 is 4.79 Å². The van der Waals surface area contributed by atoms with Gasteiger partial charge in [0.25, 0.3) is 5.91 Å². The van der Waals surface area contributed by atoms with Gasteiger partial charge in [-0.3, -0.25) is 4.79 Å². The van der Waals surface area contributed by atoms with Crippen LogP contribution in [0.5, 0.6) is 0 Å². The quantitative estimate of drug-likeness (QED) is 0.878. The molecule has 0 radical (unpaired) electrons. The Kier molecular flexibility index (Phi) is 3.60. The molecule has 2 fully saturated rings. The maximum Gasteiger partial charge on any atom is 0.270 e. The summed E-state index contributed by atoms with van der Waals surface area (Å²) < 4.78 is 2.04. The molecule has 1 amide bonds. The van der Waals surface area contributed by atoms with Crippen LogP contribution in [-0.4, -0.2) is 40.5 Å². The van der Waals surface area contributed by atoms with E-state index in [4.69, 9.17) is 0 Å². The molecule has 0 bridgehead atoms. The number of aromatic nitrogens is 1. The largest absolute Gasteiger partial charge is 0.344 e. The molecular formula is C15H23N3O. The van der Waals surface area contributed by atoms with Crippen molar-refractivity contribution in [3.63, 3.8) is 0 Å². The minimum Gasteiger partial charge on any atom is -0.344 e. The van der Waals surface area contributed by atoms with Crippen LogP contribution in [0.25, 0.3) is 0 Å². The SMILES string of the molecule is CCn1cccc1C(=O)N(CC1CCCN1)C1CC1. The van der Waals surface area contributed by atoms with Crippen molar-refractivity contribution in [3.8, 4) is 0 Å². The van der Waals surface area contributed by atoms with Crippen LogP contribution in [0.1, 0.15) is 43.1 Å². The molecular weight excluding hydrogens is 238 g/mol. The molecule has 0 spiro atoms. The summed E-state index contributed by atoms with van der Waals surface area (Å²) in [4.78, 5) is 14.8. The smallest absolute Gasteiger partial charge is 0.270 e. The third kappa shape index (κ3) is 2.68. The van der Waals surface area contributed by atoms with E-state index in [-0.39, 0.29) is 5.91 Å². The molecule has 2 aliphatic rings. The van der Waals surface area contributed by atoms with Gasteiger partial charge in [-0.05, 0) is 51.3 Å². The third-order valence-electron chi connectivity index (χ3n) is 4.22. The van der Waals surface area contributed by atoms with Crippen LogP contribution < -0.4 is 5.32 Å². The van der Waals surface area contributed by atoms with Crippen molar-refractivity contribution in [2.75, 3.05) is 13.1 Å². The molecule has 1 aromatic rings. The number of amides is 1. The van der Waals surface area contributed by atoms with E-state index in [9.17, 15) is 4.79 Å². The highest BCUT2D eigenvalue weighted by molar-refractivity contribution is 5.93. The van der Waals surface area contributed by atoms with Gasteiger partial charge in [-0.1, -0.05) is 0 Å². The van der Waals surface area contributed by atoms with Crippen LogP contribution in [0.4, 0.5) is 0 Å². The van der Waals surface area contributed by atoms with E-state index >= 15 is 0 Å². The fourth-order valence-corrected chi connectivity index (χ4v) is 2.97. The highest BCUT2D eigenvalue weighted by Gasteiger charge is 2.35. The predicted octanol–water partition coefficient (Wildman–Crippen LogP) is 1.86. The van der Waals surface area contributed by atoms with Gasteiger partial charge in [0, 0.05) is 31.4 Å². The highest BCUT2D eigenvalue weighted by Crippen LogP contribution is 2.29. The van der Waals surface area contributed by atoms with Gasteiger partial charge >= 0.3 is 0 Å². The minimum absolute atomic E-state index is 0.211. The number of nitrogens with one attached hydrogen (secondary N) is 1. The molecule has 1 aromatic heterocycles.